The molecule has 2 N–H and O–H groups in total. The lowest BCUT2D eigenvalue weighted by Gasteiger charge is -2.13. The molecule has 0 unspecified atom stereocenters. The van der Waals surface area contributed by atoms with E-state index in [4.69, 9.17) is 4.74 Å². The summed E-state index contributed by atoms with van der Waals surface area (Å²) in [6.07, 6.45) is -1.06. The highest BCUT2D eigenvalue weighted by Gasteiger charge is 2.20. The number of hydrogen-bond acceptors (Lipinski definition) is 4. The Bertz CT molecular complexity index is 538. The Balaban J connectivity index is 2.59. The third-order valence-electron chi connectivity index (χ3n) is 3.04. The van der Waals surface area contributed by atoms with Gasteiger partial charge in [-0.1, -0.05) is 26.0 Å². The van der Waals surface area contributed by atoms with E-state index in [1.807, 2.05) is 12.1 Å². The SMILES string of the molecule is CCNC(=O)NC(=O)[C@H](C)OC(=O)c1ccc(C(C)C)cc1. The predicted molar refractivity (Wildman–Crippen MR) is 82.6 cm³/mol. The molecule has 6 nitrogen and oxygen atoms in total. The fraction of sp³-hybridized carbons (Fsp3) is 0.438. The summed E-state index contributed by atoms with van der Waals surface area (Å²) in [6, 6.07) is 6.40. The van der Waals surface area contributed by atoms with Crippen molar-refractivity contribution in [3.05, 3.63) is 35.4 Å². The number of carbonyl (C=O) groups excluding carboxylic acids is 3. The standard InChI is InChI=1S/C16H22N2O4/c1-5-17-16(21)18-14(19)11(4)22-15(20)13-8-6-12(7-9-13)10(2)3/h6-11H,5H2,1-4H3,(H2,17,18,19,21)/t11-/m0/s1. The molecule has 120 valence electrons. The van der Waals surface area contributed by atoms with Gasteiger partial charge in [0.15, 0.2) is 6.10 Å². The molecule has 3 amide bonds. The number of esters is 1. The summed E-state index contributed by atoms with van der Waals surface area (Å²) in [6.45, 7) is 7.65. The number of imide groups is 1. The smallest absolute Gasteiger partial charge is 0.338 e. The molecule has 0 heterocycles. The lowest BCUT2D eigenvalue weighted by molar-refractivity contribution is -0.127. The Morgan fingerprint density at radius 2 is 1.68 bits per heavy atom. The molecule has 0 bridgehead atoms. The molecule has 0 aliphatic rings. The van der Waals surface area contributed by atoms with Crippen LogP contribution in [-0.2, 0) is 9.53 Å². The van der Waals surface area contributed by atoms with Crippen molar-refractivity contribution in [2.24, 2.45) is 0 Å². The molecule has 1 rings (SSSR count). The Morgan fingerprint density at radius 1 is 1.09 bits per heavy atom. The summed E-state index contributed by atoms with van der Waals surface area (Å²) >= 11 is 0. The van der Waals surface area contributed by atoms with Crippen molar-refractivity contribution in [2.45, 2.75) is 39.7 Å². The van der Waals surface area contributed by atoms with Crippen LogP contribution in [0, 0.1) is 0 Å². The van der Waals surface area contributed by atoms with Gasteiger partial charge in [-0.2, -0.15) is 0 Å². The molecule has 0 spiro atoms. The molecule has 1 aromatic rings. The molecule has 1 aromatic carbocycles. The number of nitrogens with one attached hydrogen (secondary N) is 2. The normalized spacial score (nSPS) is 11.7. The van der Waals surface area contributed by atoms with Crippen molar-refractivity contribution in [2.75, 3.05) is 6.54 Å². The van der Waals surface area contributed by atoms with Crippen LogP contribution in [0.2, 0.25) is 0 Å². The zero-order valence-corrected chi connectivity index (χ0v) is 13.3. The minimum Gasteiger partial charge on any atom is -0.449 e. The van der Waals surface area contributed by atoms with Gasteiger partial charge in [0.25, 0.3) is 5.91 Å². The zero-order chi connectivity index (χ0) is 16.7. The van der Waals surface area contributed by atoms with E-state index in [0.29, 0.717) is 18.0 Å². The highest BCUT2D eigenvalue weighted by atomic mass is 16.5. The first-order valence-corrected chi connectivity index (χ1v) is 7.24. The van der Waals surface area contributed by atoms with Crippen LogP contribution >= 0.6 is 0 Å². The minimum absolute atomic E-state index is 0.363. The van der Waals surface area contributed by atoms with Crippen LogP contribution in [0.15, 0.2) is 24.3 Å². The maximum Gasteiger partial charge on any atom is 0.338 e. The molecule has 0 saturated heterocycles. The summed E-state index contributed by atoms with van der Waals surface area (Å²) in [7, 11) is 0. The second-order valence-corrected chi connectivity index (χ2v) is 5.17. The van der Waals surface area contributed by atoms with Gasteiger partial charge in [-0.3, -0.25) is 10.1 Å². The molecule has 0 fully saturated rings. The van der Waals surface area contributed by atoms with Crippen LogP contribution < -0.4 is 10.6 Å². The number of rotatable bonds is 5. The maximum atomic E-state index is 11.9. The van der Waals surface area contributed by atoms with Crippen LogP contribution in [0.1, 0.15) is 49.5 Å². The highest BCUT2D eigenvalue weighted by molar-refractivity contribution is 5.98. The van der Waals surface area contributed by atoms with Gasteiger partial charge in [0.05, 0.1) is 5.56 Å². The Kier molecular flexibility index (Phi) is 6.56. The van der Waals surface area contributed by atoms with Gasteiger partial charge in [0.1, 0.15) is 0 Å². The van der Waals surface area contributed by atoms with E-state index >= 15 is 0 Å². The molecule has 0 aromatic heterocycles. The number of amides is 3. The summed E-state index contributed by atoms with van der Waals surface area (Å²) < 4.78 is 5.05. The number of benzene rings is 1. The van der Waals surface area contributed by atoms with Crippen LogP contribution in [0.3, 0.4) is 0 Å². The minimum atomic E-state index is -1.06. The van der Waals surface area contributed by atoms with Gasteiger partial charge in [-0.05, 0) is 37.5 Å². The van der Waals surface area contributed by atoms with Gasteiger partial charge in [0.2, 0.25) is 0 Å². The van der Waals surface area contributed by atoms with Crippen LogP contribution in [0.4, 0.5) is 4.79 Å². The molecule has 0 radical (unpaired) electrons. The quantitative estimate of drug-likeness (QED) is 0.817. The topological polar surface area (TPSA) is 84.5 Å². The van der Waals surface area contributed by atoms with Crippen LogP contribution in [0.25, 0.3) is 0 Å². The maximum absolute atomic E-state index is 11.9. The van der Waals surface area contributed by atoms with Crippen LogP contribution in [-0.4, -0.2) is 30.6 Å². The first-order valence-electron chi connectivity index (χ1n) is 7.24. The molecule has 0 aliphatic heterocycles. The van der Waals surface area contributed by atoms with E-state index in [2.05, 4.69) is 24.5 Å². The lowest BCUT2D eigenvalue weighted by Crippen LogP contribution is -2.44. The van der Waals surface area contributed by atoms with Crippen molar-refractivity contribution in [1.29, 1.82) is 0 Å². The monoisotopic (exact) mass is 306 g/mol. The zero-order valence-electron chi connectivity index (χ0n) is 13.3. The number of hydrogen-bond donors (Lipinski definition) is 2. The first kappa shape index (κ1) is 17.7. The second-order valence-electron chi connectivity index (χ2n) is 5.17. The largest absolute Gasteiger partial charge is 0.449 e. The Hall–Kier alpha value is -2.37. The van der Waals surface area contributed by atoms with E-state index < -0.39 is 24.0 Å². The van der Waals surface area contributed by atoms with E-state index in [1.54, 1.807) is 19.1 Å². The van der Waals surface area contributed by atoms with Gasteiger partial charge in [-0.25, -0.2) is 9.59 Å². The van der Waals surface area contributed by atoms with E-state index in [-0.39, 0.29) is 0 Å². The van der Waals surface area contributed by atoms with Crippen molar-refractivity contribution < 1.29 is 19.1 Å². The van der Waals surface area contributed by atoms with E-state index in [9.17, 15) is 14.4 Å². The third kappa shape index (κ3) is 5.20. The fourth-order valence-electron chi connectivity index (χ4n) is 1.70. The summed E-state index contributed by atoms with van der Waals surface area (Å²) in [5.74, 6) is -0.904. The van der Waals surface area contributed by atoms with Gasteiger partial charge >= 0.3 is 12.0 Å². The van der Waals surface area contributed by atoms with E-state index in [1.165, 1.54) is 6.92 Å². The van der Waals surface area contributed by atoms with Gasteiger partial charge < -0.3 is 10.1 Å². The van der Waals surface area contributed by atoms with Gasteiger partial charge in [0, 0.05) is 6.54 Å². The summed E-state index contributed by atoms with van der Waals surface area (Å²) in [4.78, 5) is 34.9. The van der Waals surface area contributed by atoms with Crippen molar-refractivity contribution in [3.8, 4) is 0 Å². The average Bonchev–Trinajstić information content (AvgIpc) is 2.47. The molecule has 1 atom stereocenters. The first-order chi connectivity index (χ1) is 10.3. The molecular weight excluding hydrogens is 284 g/mol. The molecule has 6 heteroatoms. The third-order valence-corrected chi connectivity index (χ3v) is 3.04. The highest BCUT2D eigenvalue weighted by Crippen LogP contribution is 2.15. The predicted octanol–water partition coefficient (Wildman–Crippen LogP) is 2.20. The molecule has 22 heavy (non-hydrogen) atoms. The Morgan fingerprint density at radius 3 is 2.18 bits per heavy atom. The average molecular weight is 306 g/mol. The Labute approximate surface area is 130 Å². The summed E-state index contributed by atoms with van der Waals surface area (Å²) in [5, 5.41) is 4.52. The molecule has 0 saturated carbocycles. The summed E-state index contributed by atoms with van der Waals surface area (Å²) in [5.41, 5.74) is 1.47. The van der Waals surface area contributed by atoms with Crippen molar-refractivity contribution in [3.63, 3.8) is 0 Å². The molecule has 0 aliphatic carbocycles. The number of carbonyl (C=O) groups is 3. The molecular formula is C16H22N2O4. The lowest BCUT2D eigenvalue weighted by atomic mass is 10.0. The number of urea groups is 1. The number of ether oxygens (including phenoxy) is 1. The van der Waals surface area contributed by atoms with Crippen LogP contribution in [0.5, 0.6) is 0 Å². The second kappa shape index (κ2) is 8.17. The van der Waals surface area contributed by atoms with Gasteiger partial charge in [-0.15, -0.1) is 0 Å². The van der Waals surface area contributed by atoms with Crippen molar-refractivity contribution >= 4 is 17.9 Å². The van der Waals surface area contributed by atoms with E-state index in [0.717, 1.165) is 5.56 Å². The van der Waals surface area contributed by atoms with Crippen molar-refractivity contribution in [1.82, 2.24) is 10.6 Å². The fourth-order valence-corrected chi connectivity index (χ4v) is 1.70.